The number of aromatic carboxylic acids is 1. The zero-order chi connectivity index (χ0) is 32.4. The Hall–Kier alpha value is -5.93. The molecule has 4 aromatic rings. The summed E-state index contributed by atoms with van der Waals surface area (Å²) >= 11 is 0. The number of Topliss-reactive ketones (excluding diaryl/α,β-unsaturated/α-hetero) is 1. The number of ketones is 1. The van der Waals surface area contributed by atoms with E-state index >= 15 is 0 Å². The van der Waals surface area contributed by atoms with E-state index in [1.807, 2.05) is 12.1 Å². The smallest absolute Gasteiger partial charge is 0.337 e. The highest BCUT2D eigenvalue weighted by molar-refractivity contribution is 7.92. The fraction of sp³-hybridized carbons (Fsp3) is 0.0625. The number of nitrogens with two attached hydrogens (primary N) is 1. The van der Waals surface area contributed by atoms with E-state index in [-0.39, 0.29) is 27.8 Å². The zero-order valence-corrected chi connectivity index (χ0v) is 24.6. The Kier molecular flexibility index (Phi) is 10.6. The van der Waals surface area contributed by atoms with Gasteiger partial charge in [-0.05, 0) is 67.6 Å². The third-order valence-corrected chi connectivity index (χ3v) is 7.57. The molecule has 0 heterocycles. The van der Waals surface area contributed by atoms with Crippen LogP contribution in [0.2, 0.25) is 0 Å². The van der Waals surface area contributed by atoms with E-state index in [0.29, 0.717) is 33.9 Å². The Balaban J connectivity index is 0.000000240. The van der Waals surface area contributed by atoms with Crippen molar-refractivity contribution in [2.75, 3.05) is 22.0 Å². The minimum atomic E-state index is -3.94. The Morgan fingerprint density at radius 2 is 1.45 bits per heavy atom. The highest BCUT2D eigenvalue weighted by Gasteiger charge is 2.18. The number of carbonyl (C=O) groups is 3. The van der Waals surface area contributed by atoms with Crippen molar-refractivity contribution in [3.63, 3.8) is 0 Å². The maximum Gasteiger partial charge on any atom is 0.337 e. The molecule has 1 amide bonds. The second-order valence-electron chi connectivity index (χ2n) is 9.25. The number of nitrogens with one attached hydrogen (secondary N) is 2. The van der Waals surface area contributed by atoms with Crippen molar-refractivity contribution in [1.82, 2.24) is 0 Å². The topological polar surface area (TPSA) is 183 Å². The highest BCUT2D eigenvalue weighted by Crippen LogP contribution is 2.23. The zero-order valence-electron chi connectivity index (χ0n) is 23.8. The largest absolute Gasteiger partial charge is 0.478 e. The van der Waals surface area contributed by atoms with Crippen molar-refractivity contribution in [1.29, 1.82) is 5.26 Å². The number of carboxylic acids is 1. The first-order valence-electron chi connectivity index (χ1n) is 12.9. The summed E-state index contributed by atoms with van der Waals surface area (Å²) < 4.78 is 26.8. The second kappa shape index (κ2) is 14.3. The van der Waals surface area contributed by atoms with Crippen LogP contribution in [0.4, 0.5) is 17.1 Å². The summed E-state index contributed by atoms with van der Waals surface area (Å²) in [6.45, 7) is 5.06. The number of carboxylic acid groups (broad SMARTS) is 1. The molecule has 0 aromatic heterocycles. The van der Waals surface area contributed by atoms with Crippen LogP contribution < -0.4 is 20.7 Å². The van der Waals surface area contributed by atoms with Gasteiger partial charge in [-0.25, -0.2) is 13.2 Å². The summed E-state index contributed by atoms with van der Waals surface area (Å²) in [5, 5.41) is 20.6. The number of benzene rings is 4. The molecule has 4 aromatic carbocycles. The molecule has 0 saturated carbocycles. The van der Waals surface area contributed by atoms with Gasteiger partial charge in [0.15, 0.2) is 5.78 Å². The molecule has 11 nitrogen and oxygen atoms in total. The fourth-order valence-corrected chi connectivity index (χ4v) is 4.85. The van der Waals surface area contributed by atoms with Crippen LogP contribution in [0.1, 0.15) is 43.6 Å². The van der Waals surface area contributed by atoms with Crippen molar-refractivity contribution < 1.29 is 27.9 Å². The van der Waals surface area contributed by atoms with Gasteiger partial charge in [-0.3, -0.25) is 14.3 Å². The molecule has 44 heavy (non-hydrogen) atoms. The lowest BCUT2D eigenvalue weighted by molar-refractivity contribution is 0.0697. The Morgan fingerprint density at radius 1 is 0.886 bits per heavy atom. The molecule has 0 bridgehead atoms. The van der Waals surface area contributed by atoms with Gasteiger partial charge in [0.2, 0.25) is 0 Å². The number of carbonyl (C=O) groups excluding carboxylic acids is 2. The van der Waals surface area contributed by atoms with Gasteiger partial charge in [-0.2, -0.15) is 5.26 Å². The van der Waals surface area contributed by atoms with Crippen LogP contribution in [0.3, 0.4) is 0 Å². The van der Waals surface area contributed by atoms with Crippen molar-refractivity contribution in [2.24, 2.45) is 5.73 Å². The van der Waals surface area contributed by atoms with Gasteiger partial charge < -0.3 is 21.1 Å². The first kappa shape index (κ1) is 32.6. The van der Waals surface area contributed by atoms with Gasteiger partial charge in [-0.1, -0.05) is 43.0 Å². The normalized spacial score (nSPS) is 10.3. The van der Waals surface area contributed by atoms with E-state index in [2.05, 4.69) is 16.6 Å². The minimum absolute atomic E-state index is 0.0226. The number of hydrogen-bond donors (Lipinski definition) is 4. The molecule has 4 rings (SSSR count). The molecule has 0 aliphatic carbocycles. The van der Waals surface area contributed by atoms with Crippen LogP contribution in [0, 0.1) is 11.3 Å². The van der Waals surface area contributed by atoms with Crippen LogP contribution in [0.15, 0.2) is 114 Å². The van der Waals surface area contributed by atoms with Gasteiger partial charge in [0.1, 0.15) is 0 Å². The number of para-hydroxylation sites is 2. The number of nitriles is 1. The highest BCUT2D eigenvalue weighted by atomic mass is 32.2. The Morgan fingerprint density at radius 3 is 2.00 bits per heavy atom. The molecular formula is C32H29N5O6S. The van der Waals surface area contributed by atoms with Crippen molar-refractivity contribution in [3.05, 3.63) is 132 Å². The third-order valence-electron chi connectivity index (χ3n) is 6.19. The molecule has 224 valence electrons. The van der Waals surface area contributed by atoms with Crippen molar-refractivity contribution >= 4 is 44.7 Å². The lowest BCUT2D eigenvalue weighted by Gasteiger charge is -2.21. The Labute approximate surface area is 254 Å². The van der Waals surface area contributed by atoms with Gasteiger partial charge in [0, 0.05) is 18.3 Å². The summed E-state index contributed by atoms with van der Waals surface area (Å²) in [4.78, 5) is 36.3. The van der Waals surface area contributed by atoms with Crippen LogP contribution in [0.5, 0.6) is 0 Å². The SMILES string of the molecule is C=C(N)N(C)c1ccccc1C(=O)Nc1ccc(C#N)cc1.CC(=O)c1ccc(S(=O)(=O)Nc2ccccc2C(=O)O)cc1. The summed E-state index contributed by atoms with van der Waals surface area (Å²) in [6, 6.07) is 26.9. The summed E-state index contributed by atoms with van der Waals surface area (Å²) in [7, 11) is -2.19. The standard InChI is InChI=1S/C17H16N4O.C15H13NO5S/c1-12(19)21(2)16-6-4-3-5-15(16)17(22)20-14-9-7-13(11-18)8-10-14;1-10(17)11-6-8-12(9-7-11)22(20,21)16-14-5-3-2-4-13(14)15(18)19/h3-10H,1,19H2,2H3,(H,20,22);2-9,16H,1H3,(H,18,19). The third kappa shape index (κ3) is 8.31. The second-order valence-corrected chi connectivity index (χ2v) is 10.9. The summed E-state index contributed by atoms with van der Waals surface area (Å²) in [6.07, 6.45) is 0. The number of rotatable bonds is 9. The predicted octanol–water partition coefficient (Wildman–Crippen LogP) is 5.06. The lowest BCUT2D eigenvalue weighted by Crippen LogP contribution is -2.25. The van der Waals surface area contributed by atoms with Crippen LogP contribution in [-0.2, 0) is 10.0 Å². The van der Waals surface area contributed by atoms with E-state index in [0.717, 1.165) is 0 Å². The minimum Gasteiger partial charge on any atom is -0.478 e. The predicted molar refractivity (Wildman–Crippen MR) is 168 cm³/mol. The number of sulfonamides is 1. The first-order valence-corrected chi connectivity index (χ1v) is 14.4. The van der Waals surface area contributed by atoms with Gasteiger partial charge in [0.05, 0.1) is 44.9 Å². The molecule has 0 unspecified atom stereocenters. The number of anilines is 3. The fourth-order valence-electron chi connectivity index (χ4n) is 3.77. The summed E-state index contributed by atoms with van der Waals surface area (Å²) in [5.74, 6) is -1.31. The van der Waals surface area contributed by atoms with Crippen LogP contribution >= 0.6 is 0 Å². The number of hydrogen-bond acceptors (Lipinski definition) is 8. The summed E-state index contributed by atoms with van der Waals surface area (Å²) in [5.41, 5.74) is 8.23. The van der Waals surface area contributed by atoms with Gasteiger partial charge >= 0.3 is 5.97 Å². The van der Waals surface area contributed by atoms with Crippen molar-refractivity contribution in [3.8, 4) is 6.07 Å². The van der Waals surface area contributed by atoms with E-state index < -0.39 is 16.0 Å². The average molecular weight is 612 g/mol. The van der Waals surface area contributed by atoms with E-state index in [4.69, 9.17) is 16.1 Å². The Bertz CT molecular complexity index is 1850. The van der Waals surface area contributed by atoms with Gasteiger partial charge in [0.25, 0.3) is 15.9 Å². The van der Waals surface area contributed by atoms with E-state index in [1.54, 1.807) is 54.4 Å². The molecular weight excluding hydrogens is 582 g/mol. The van der Waals surface area contributed by atoms with Crippen LogP contribution in [-0.4, -0.2) is 38.2 Å². The maximum atomic E-state index is 12.4. The average Bonchev–Trinajstić information content (AvgIpc) is 3.01. The van der Waals surface area contributed by atoms with Crippen LogP contribution in [0.25, 0.3) is 0 Å². The molecule has 0 spiro atoms. The molecule has 0 atom stereocenters. The van der Waals surface area contributed by atoms with E-state index in [9.17, 15) is 22.8 Å². The molecule has 0 radical (unpaired) electrons. The molecule has 5 N–H and O–H groups in total. The number of amides is 1. The maximum absolute atomic E-state index is 12.4. The monoisotopic (exact) mass is 611 g/mol. The molecule has 12 heteroatoms. The number of nitrogens with zero attached hydrogens (tertiary/aromatic N) is 2. The van der Waals surface area contributed by atoms with Gasteiger partial charge in [-0.15, -0.1) is 0 Å². The van der Waals surface area contributed by atoms with Crippen molar-refractivity contribution in [2.45, 2.75) is 11.8 Å². The quantitative estimate of drug-likeness (QED) is 0.188. The molecule has 0 aliphatic heterocycles. The molecule has 0 aliphatic rings. The first-order chi connectivity index (χ1) is 20.8. The molecule has 0 saturated heterocycles. The lowest BCUT2D eigenvalue weighted by atomic mass is 10.1. The molecule has 0 fully saturated rings. The van der Waals surface area contributed by atoms with E-state index in [1.165, 1.54) is 55.5 Å².